The highest BCUT2D eigenvalue weighted by atomic mass is 15.4. The summed E-state index contributed by atoms with van der Waals surface area (Å²) >= 11 is 0. The quantitative estimate of drug-likeness (QED) is 0.645. The molecule has 0 aromatic carbocycles. The average Bonchev–Trinajstić information content (AvgIpc) is 2.45. The molecule has 1 aromatic heterocycles. The highest BCUT2D eigenvalue weighted by molar-refractivity contribution is 4.91. The van der Waals surface area contributed by atoms with E-state index in [0.29, 0.717) is 0 Å². The smallest absolute Gasteiger partial charge is 0.0827 e. The summed E-state index contributed by atoms with van der Waals surface area (Å²) in [5, 5.41) is 11.1. The van der Waals surface area contributed by atoms with Crippen LogP contribution in [0.4, 0.5) is 0 Å². The number of rotatable bonds is 5. The van der Waals surface area contributed by atoms with Crippen molar-refractivity contribution >= 4 is 0 Å². The third-order valence-electron chi connectivity index (χ3n) is 1.69. The zero-order chi connectivity index (χ0) is 8.81. The van der Waals surface area contributed by atoms with Gasteiger partial charge in [0.1, 0.15) is 0 Å². The summed E-state index contributed by atoms with van der Waals surface area (Å²) in [5.74, 6) is 0. The summed E-state index contributed by atoms with van der Waals surface area (Å²) in [4.78, 5) is 0. The molecule has 0 spiro atoms. The monoisotopic (exact) mass is 168 g/mol. The number of hydrogen-bond acceptors (Lipinski definition) is 3. The molecule has 0 aliphatic rings. The van der Waals surface area contributed by atoms with Crippen molar-refractivity contribution in [1.29, 1.82) is 0 Å². The summed E-state index contributed by atoms with van der Waals surface area (Å²) in [7, 11) is 1.89. The molecule has 0 fully saturated rings. The van der Waals surface area contributed by atoms with Crippen LogP contribution in [0.3, 0.4) is 0 Å². The van der Waals surface area contributed by atoms with Gasteiger partial charge in [0, 0.05) is 13.2 Å². The molecule has 0 saturated carbocycles. The van der Waals surface area contributed by atoms with Gasteiger partial charge in [-0.1, -0.05) is 12.1 Å². The van der Waals surface area contributed by atoms with Crippen molar-refractivity contribution in [3.05, 3.63) is 11.9 Å². The van der Waals surface area contributed by atoms with E-state index in [1.54, 1.807) is 4.68 Å². The van der Waals surface area contributed by atoms with Gasteiger partial charge in [-0.15, -0.1) is 5.10 Å². The van der Waals surface area contributed by atoms with Crippen molar-refractivity contribution in [2.45, 2.75) is 19.8 Å². The van der Waals surface area contributed by atoms with E-state index in [1.807, 2.05) is 13.2 Å². The van der Waals surface area contributed by atoms with Crippen LogP contribution in [-0.2, 0) is 13.5 Å². The summed E-state index contributed by atoms with van der Waals surface area (Å²) in [6, 6.07) is 0. The molecular weight excluding hydrogens is 152 g/mol. The molecule has 1 rings (SSSR count). The summed E-state index contributed by atoms with van der Waals surface area (Å²) in [5.41, 5.74) is 1.08. The highest BCUT2D eigenvalue weighted by Gasteiger charge is 1.96. The average molecular weight is 168 g/mol. The van der Waals surface area contributed by atoms with Crippen LogP contribution in [0.15, 0.2) is 6.20 Å². The van der Waals surface area contributed by atoms with Crippen LogP contribution in [0.1, 0.15) is 19.0 Å². The Morgan fingerprint density at radius 3 is 3.00 bits per heavy atom. The number of aryl methyl sites for hydroxylation is 2. The predicted molar refractivity (Wildman–Crippen MR) is 47.9 cm³/mol. The molecular formula is C8H16N4. The molecule has 4 nitrogen and oxygen atoms in total. The molecule has 0 radical (unpaired) electrons. The lowest BCUT2D eigenvalue weighted by molar-refractivity contribution is 0.665. The van der Waals surface area contributed by atoms with Gasteiger partial charge < -0.3 is 5.32 Å². The Labute approximate surface area is 73.0 Å². The van der Waals surface area contributed by atoms with Crippen molar-refractivity contribution in [3.63, 3.8) is 0 Å². The SMILES string of the molecule is CCNCCCc1cn(C)nn1. The molecule has 0 atom stereocenters. The maximum atomic E-state index is 4.00. The van der Waals surface area contributed by atoms with E-state index < -0.39 is 0 Å². The minimum Gasteiger partial charge on any atom is -0.317 e. The van der Waals surface area contributed by atoms with Crippen molar-refractivity contribution in [1.82, 2.24) is 20.3 Å². The third-order valence-corrected chi connectivity index (χ3v) is 1.69. The van der Waals surface area contributed by atoms with Gasteiger partial charge in [0.25, 0.3) is 0 Å². The fraction of sp³-hybridized carbons (Fsp3) is 0.750. The first-order valence-corrected chi connectivity index (χ1v) is 4.39. The van der Waals surface area contributed by atoms with Gasteiger partial charge in [-0.05, 0) is 25.9 Å². The van der Waals surface area contributed by atoms with Crippen molar-refractivity contribution < 1.29 is 0 Å². The minimum atomic E-state index is 1.01. The van der Waals surface area contributed by atoms with Gasteiger partial charge in [-0.2, -0.15) is 0 Å². The first-order chi connectivity index (χ1) is 5.83. The summed E-state index contributed by atoms with van der Waals surface area (Å²) < 4.78 is 1.74. The molecule has 68 valence electrons. The molecule has 0 bridgehead atoms. The van der Waals surface area contributed by atoms with Crippen LogP contribution < -0.4 is 5.32 Å². The molecule has 12 heavy (non-hydrogen) atoms. The highest BCUT2D eigenvalue weighted by Crippen LogP contribution is 1.95. The molecule has 4 heteroatoms. The standard InChI is InChI=1S/C8H16N4/c1-3-9-6-4-5-8-7-12(2)11-10-8/h7,9H,3-6H2,1-2H3. The third kappa shape index (κ3) is 3.00. The van der Waals surface area contributed by atoms with Crippen LogP contribution in [0.2, 0.25) is 0 Å². The number of nitrogens with zero attached hydrogens (tertiary/aromatic N) is 3. The minimum absolute atomic E-state index is 1.01. The Hall–Kier alpha value is -0.900. The second-order valence-electron chi connectivity index (χ2n) is 2.84. The lowest BCUT2D eigenvalue weighted by Gasteiger charge is -1.97. The van der Waals surface area contributed by atoms with Crippen LogP contribution in [0, 0.1) is 0 Å². The molecule has 0 unspecified atom stereocenters. The van der Waals surface area contributed by atoms with E-state index in [2.05, 4.69) is 22.6 Å². The maximum Gasteiger partial charge on any atom is 0.0827 e. The van der Waals surface area contributed by atoms with Gasteiger partial charge in [0.2, 0.25) is 0 Å². The lowest BCUT2D eigenvalue weighted by atomic mass is 10.2. The van der Waals surface area contributed by atoms with Crippen LogP contribution in [0.25, 0.3) is 0 Å². The topological polar surface area (TPSA) is 42.7 Å². The van der Waals surface area contributed by atoms with Crippen molar-refractivity contribution in [2.24, 2.45) is 7.05 Å². The fourth-order valence-electron chi connectivity index (χ4n) is 1.08. The number of aromatic nitrogens is 3. The number of nitrogens with one attached hydrogen (secondary N) is 1. The lowest BCUT2D eigenvalue weighted by Crippen LogP contribution is -2.14. The van der Waals surface area contributed by atoms with Gasteiger partial charge in [0.05, 0.1) is 5.69 Å². The van der Waals surface area contributed by atoms with E-state index >= 15 is 0 Å². The molecule has 0 aliphatic carbocycles. The second kappa shape index (κ2) is 4.87. The first-order valence-electron chi connectivity index (χ1n) is 4.39. The fourth-order valence-corrected chi connectivity index (χ4v) is 1.08. The normalized spacial score (nSPS) is 10.5. The Kier molecular flexibility index (Phi) is 3.73. The van der Waals surface area contributed by atoms with E-state index in [9.17, 15) is 0 Å². The zero-order valence-electron chi connectivity index (χ0n) is 7.75. The van der Waals surface area contributed by atoms with Gasteiger partial charge in [-0.3, -0.25) is 4.68 Å². The Balaban J connectivity index is 2.15. The van der Waals surface area contributed by atoms with Crippen LogP contribution >= 0.6 is 0 Å². The Bertz CT molecular complexity index is 219. The summed E-state index contributed by atoms with van der Waals surface area (Å²) in [6.07, 6.45) is 4.11. The molecule has 1 heterocycles. The predicted octanol–water partition coefficient (Wildman–Crippen LogP) is 0.357. The molecule has 0 aliphatic heterocycles. The van der Waals surface area contributed by atoms with Gasteiger partial charge in [-0.25, -0.2) is 0 Å². The van der Waals surface area contributed by atoms with E-state index in [-0.39, 0.29) is 0 Å². The maximum absolute atomic E-state index is 4.00. The molecule has 1 aromatic rings. The van der Waals surface area contributed by atoms with Gasteiger partial charge in [0.15, 0.2) is 0 Å². The Morgan fingerprint density at radius 2 is 2.42 bits per heavy atom. The van der Waals surface area contributed by atoms with E-state index in [1.165, 1.54) is 0 Å². The zero-order valence-corrected chi connectivity index (χ0v) is 7.75. The number of hydrogen-bond donors (Lipinski definition) is 1. The molecule has 0 amide bonds. The van der Waals surface area contributed by atoms with E-state index in [0.717, 1.165) is 31.6 Å². The van der Waals surface area contributed by atoms with Gasteiger partial charge >= 0.3 is 0 Å². The summed E-state index contributed by atoms with van der Waals surface area (Å²) in [6.45, 7) is 4.22. The Morgan fingerprint density at radius 1 is 1.58 bits per heavy atom. The second-order valence-corrected chi connectivity index (χ2v) is 2.84. The first kappa shape index (κ1) is 9.19. The van der Waals surface area contributed by atoms with E-state index in [4.69, 9.17) is 0 Å². The van der Waals surface area contributed by atoms with Crippen LogP contribution in [-0.4, -0.2) is 28.1 Å². The molecule has 1 N–H and O–H groups in total. The molecule has 0 saturated heterocycles. The van der Waals surface area contributed by atoms with Crippen molar-refractivity contribution in [2.75, 3.05) is 13.1 Å². The van der Waals surface area contributed by atoms with Crippen LogP contribution in [0.5, 0.6) is 0 Å². The largest absolute Gasteiger partial charge is 0.317 e. The van der Waals surface area contributed by atoms with Crippen molar-refractivity contribution in [3.8, 4) is 0 Å².